The van der Waals surface area contributed by atoms with Crippen LogP contribution >= 0.6 is 12.4 Å². The Kier molecular flexibility index (Phi) is 6.50. The van der Waals surface area contributed by atoms with E-state index in [0.29, 0.717) is 31.1 Å². The number of carbonyl (C=O) groups excluding carboxylic acids is 1. The topological polar surface area (TPSA) is 73.6 Å². The van der Waals surface area contributed by atoms with Crippen LogP contribution in [0.3, 0.4) is 0 Å². The maximum Gasteiger partial charge on any atom is 0.223 e. The monoisotopic (exact) mass is 434 g/mol. The van der Waals surface area contributed by atoms with Crippen LogP contribution in [-0.2, 0) is 10.2 Å². The number of halogens is 1. The van der Waals surface area contributed by atoms with Gasteiger partial charge in [0.2, 0.25) is 5.91 Å². The Morgan fingerprint density at radius 3 is 2.40 bits per heavy atom. The largest absolute Gasteiger partial charge is 0.486 e. The van der Waals surface area contributed by atoms with Gasteiger partial charge in [-0.2, -0.15) is 0 Å². The molecule has 3 fully saturated rings. The second-order valence-electron chi connectivity index (χ2n) is 9.76. The smallest absolute Gasteiger partial charge is 0.223 e. The van der Waals surface area contributed by atoms with Crippen molar-refractivity contribution in [1.29, 1.82) is 0 Å². The number of carbonyl (C=O) groups is 1. The summed E-state index contributed by atoms with van der Waals surface area (Å²) in [5.41, 5.74) is 7.72. The molecule has 1 aliphatic heterocycles. The minimum Gasteiger partial charge on any atom is -0.486 e. The van der Waals surface area contributed by atoms with Crippen LogP contribution in [0.4, 0.5) is 0 Å². The van der Waals surface area contributed by atoms with Crippen molar-refractivity contribution in [3.8, 4) is 11.5 Å². The molecule has 5 nitrogen and oxygen atoms in total. The average molecular weight is 435 g/mol. The first kappa shape index (κ1) is 21.8. The summed E-state index contributed by atoms with van der Waals surface area (Å²) in [5.74, 6) is 3.15. The minimum atomic E-state index is 0. The van der Waals surface area contributed by atoms with Crippen molar-refractivity contribution >= 4 is 18.3 Å². The quantitative estimate of drug-likeness (QED) is 0.752. The van der Waals surface area contributed by atoms with E-state index in [-0.39, 0.29) is 29.6 Å². The summed E-state index contributed by atoms with van der Waals surface area (Å²) in [6.45, 7) is 1.94. The van der Waals surface area contributed by atoms with Crippen molar-refractivity contribution in [3.63, 3.8) is 0 Å². The van der Waals surface area contributed by atoms with Gasteiger partial charge in [-0.05, 0) is 68.1 Å². The minimum absolute atomic E-state index is 0. The van der Waals surface area contributed by atoms with Crippen LogP contribution in [0.5, 0.6) is 11.5 Å². The highest BCUT2D eigenvalue weighted by Crippen LogP contribution is 2.45. The highest BCUT2D eigenvalue weighted by molar-refractivity contribution is 5.85. The van der Waals surface area contributed by atoms with Crippen molar-refractivity contribution < 1.29 is 14.3 Å². The van der Waals surface area contributed by atoms with Crippen LogP contribution in [0, 0.1) is 17.8 Å². The third-order valence-corrected chi connectivity index (χ3v) is 8.10. The molecule has 2 bridgehead atoms. The molecule has 0 spiro atoms. The molecule has 6 heteroatoms. The zero-order chi connectivity index (χ0) is 19.8. The van der Waals surface area contributed by atoms with Crippen molar-refractivity contribution in [2.45, 2.75) is 69.2 Å². The van der Waals surface area contributed by atoms with E-state index < -0.39 is 0 Å². The van der Waals surface area contributed by atoms with Gasteiger partial charge in [-0.15, -0.1) is 12.4 Å². The van der Waals surface area contributed by atoms with Gasteiger partial charge in [0.25, 0.3) is 0 Å². The SMILES string of the molecule is Cl.NC1C2CCCC1CC(C(=O)NCC1(c3ccc4c(c3)OCCO4)CCCC1)C2. The van der Waals surface area contributed by atoms with E-state index in [1.165, 1.54) is 37.7 Å². The first-order chi connectivity index (χ1) is 14.1. The summed E-state index contributed by atoms with van der Waals surface area (Å²) in [6, 6.07) is 6.67. The highest BCUT2D eigenvalue weighted by atomic mass is 35.5. The van der Waals surface area contributed by atoms with E-state index in [1.807, 2.05) is 6.07 Å². The van der Waals surface area contributed by atoms with Gasteiger partial charge < -0.3 is 20.5 Å². The Balaban J connectivity index is 0.00000218. The number of hydrogen-bond donors (Lipinski definition) is 2. The van der Waals surface area contributed by atoms with Gasteiger partial charge in [0.05, 0.1) is 0 Å². The summed E-state index contributed by atoms with van der Waals surface area (Å²) >= 11 is 0. The lowest BCUT2D eigenvalue weighted by atomic mass is 9.65. The molecule has 30 heavy (non-hydrogen) atoms. The molecule has 2 atom stereocenters. The molecule has 166 valence electrons. The van der Waals surface area contributed by atoms with E-state index in [9.17, 15) is 4.79 Å². The summed E-state index contributed by atoms with van der Waals surface area (Å²) in [7, 11) is 0. The van der Waals surface area contributed by atoms with Crippen LogP contribution in [0.25, 0.3) is 0 Å². The number of hydrogen-bond acceptors (Lipinski definition) is 4. The molecule has 1 aromatic carbocycles. The van der Waals surface area contributed by atoms with E-state index in [2.05, 4.69) is 17.4 Å². The van der Waals surface area contributed by atoms with E-state index in [0.717, 1.165) is 43.7 Å². The van der Waals surface area contributed by atoms with Crippen LogP contribution in [0.2, 0.25) is 0 Å². The molecule has 1 heterocycles. The lowest BCUT2D eigenvalue weighted by molar-refractivity contribution is -0.128. The first-order valence-corrected chi connectivity index (χ1v) is 11.6. The van der Waals surface area contributed by atoms with Gasteiger partial charge >= 0.3 is 0 Å². The normalized spacial score (nSPS) is 31.5. The molecule has 1 amide bonds. The average Bonchev–Trinajstić information content (AvgIpc) is 3.22. The first-order valence-electron chi connectivity index (χ1n) is 11.6. The second kappa shape index (κ2) is 8.96. The van der Waals surface area contributed by atoms with Crippen molar-refractivity contribution in [3.05, 3.63) is 23.8 Å². The third kappa shape index (κ3) is 4.03. The zero-order valence-corrected chi connectivity index (χ0v) is 18.6. The molecule has 0 radical (unpaired) electrons. The summed E-state index contributed by atoms with van der Waals surface area (Å²) in [5, 5.41) is 3.37. The van der Waals surface area contributed by atoms with Gasteiger partial charge in [-0.1, -0.05) is 25.3 Å². The van der Waals surface area contributed by atoms with E-state index in [4.69, 9.17) is 15.2 Å². The third-order valence-electron chi connectivity index (χ3n) is 8.10. The molecule has 2 unspecified atom stereocenters. The predicted octanol–water partition coefficient (Wildman–Crippen LogP) is 3.96. The van der Waals surface area contributed by atoms with Gasteiger partial charge in [-0.25, -0.2) is 0 Å². The molecule has 3 aliphatic carbocycles. The van der Waals surface area contributed by atoms with Gasteiger partial charge in [-0.3, -0.25) is 4.79 Å². The van der Waals surface area contributed by atoms with E-state index >= 15 is 0 Å². The fourth-order valence-electron chi connectivity index (χ4n) is 6.40. The fraction of sp³-hybridized carbons (Fsp3) is 0.708. The molecule has 0 aromatic heterocycles. The summed E-state index contributed by atoms with van der Waals surface area (Å²) in [4.78, 5) is 13.1. The fourth-order valence-corrected chi connectivity index (χ4v) is 6.40. The Hall–Kier alpha value is -1.46. The zero-order valence-electron chi connectivity index (χ0n) is 17.7. The molecular weight excluding hydrogens is 400 g/mol. The van der Waals surface area contributed by atoms with Crippen molar-refractivity contribution in [1.82, 2.24) is 5.32 Å². The molecule has 3 saturated carbocycles. The Morgan fingerprint density at radius 2 is 1.70 bits per heavy atom. The molecule has 4 aliphatic rings. The Labute approximate surface area is 185 Å². The number of nitrogens with two attached hydrogens (primary N) is 1. The molecule has 5 rings (SSSR count). The molecule has 3 N–H and O–H groups in total. The van der Waals surface area contributed by atoms with Crippen LogP contribution in [0.15, 0.2) is 18.2 Å². The summed E-state index contributed by atoms with van der Waals surface area (Å²) in [6.07, 6.45) is 10.3. The van der Waals surface area contributed by atoms with E-state index in [1.54, 1.807) is 0 Å². The molecular formula is C24H35ClN2O3. The molecule has 0 saturated heterocycles. The van der Waals surface area contributed by atoms with Crippen molar-refractivity contribution in [2.75, 3.05) is 19.8 Å². The Morgan fingerprint density at radius 1 is 1.03 bits per heavy atom. The lowest BCUT2D eigenvalue weighted by Crippen LogP contribution is -2.50. The highest BCUT2D eigenvalue weighted by Gasteiger charge is 2.42. The van der Waals surface area contributed by atoms with Crippen molar-refractivity contribution in [2.24, 2.45) is 23.5 Å². The predicted molar refractivity (Wildman–Crippen MR) is 119 cm³/mol. The van der Waals surface area contributed by atoms with Crippen LogP contribution in [0.1, 0.15) is 63.4 Å². The maximum absolute atomic E-state index is 13.1. The number of benzene rings is 1. The Bertz CT molecular complexity index is 751. The number of fused-ring (bicyclic) bond motifs is 3. The van der Waals surface area contributed by atoms with Gasteiger partial charge in [0, 0.05) is 23.9 Å². The van der Waals surface area contributed by atoms with Gasteiger partial charge in [0.1, 0.15) is 13.2 Å². The summed E-state index contributed by atoms with van der Waals surface area (Å²) < 4.78 is 11.5. The van der Waals surface area contributed by atoms with Crippen LogP contribution < -0.4 is 20.5 Å². The lowest BCUT2D eigenvalue weighted by Gasteiger charge is -2.43. The number of amides is 1. The second-order valence-corrected chi connectivity index (χ2v) is 9.76. The van der Waals surface area contributed by atoms with Gasteiger partial charge in [0.15, 0.2) is 11.5 Å². The van der Waals surface area contributed by atoms with Crippen LogP contribution in [-0.4, -0.2) is 31.7 Å². The number of nitrogens with one attached hydrogen (secondary N) is 1. The standard InChI is InChI=1S/C24H34N2O3.ClH/c25-22-16-4-3-5-17(22)13-18(12-16)23(27)26-15-24(8-1-2-9-24)19-6-7-20-21(14-19)29-11-10-28-20;/h6-7,14,16-18,22H,1-5,8-13,15,25H2,(H,26,27);1H. The molecule has 1 aromatic rings. The number of rotatable bonds is 4. The maximum atomic E-state index is 13.1. The number of ether oxygens (including phenoxy) is 2.